The first kappa shape index (κ1) is 9.58. The zero-order valence-corrected chi connectivity index (χ0v) is 7.45. The third-order valence-corrected chi connectivity index (χ3v) is 2.03. The van der Waals surface area contributed by atoms with E-state index in [4.69, 9.17) is 5.11 Å². The molecule has 0 aliphatic heterocycles. The Bertz CT molecular complexity index is 318. The van der Waals surface area contributed by atoms with Crippen LogP contribution in [0.3, 0.4) is 0 Å². The van der Waals surface area contributed by atoms with Crippen LogP contribution in [0.25, 0.3) is 0 Å². The average Bonchev–Trinajstić information content (AvgIpc) is 2.07. The number of carbonyl (C=O) groups is 1. The Morgan fingerprint density at radius 2 is 2.15 bits per heavy atom. The maximum absolute atomic E-state index is 10.3. The zero-order valence-electron chi connectivity index (χ0n) is 7.45. The van der Waals surface area contributed by atoms with Gasteiger partial charge in [-0.05, 0) is 30.5 Å². The molecule has 13 heavy (non-hydrogen) atoms. The molecule has 3 heteroatoms. The van der Waals surface area contributed by atoms with Crippen molar-refractivity contribution in [3.8, 4) is 5.75 Å². The number of rotatable bonds is 3. The lowest BCUT2D eigenvalue weighted by molar-refractivity contribution is -0.136. The van der Waals surface area contributed by atoms with Gasteiger partial charge in [0, 0.05) is 6.42 Å². The molecule has 0 bridgehead atoms. The van der Waals surface area contributed by atoms with Gasteiger partial charge in [-0.25, -0.2) is 0 Å². The van der Waals surface area contributed by atoms with Gasteiger partial charge in [-0.3, -0.25) is 4.79 Å². The van der Waals surface area contributed by atoms with Crippen LogP contribution in [0.4, 0.5) is 0 Å². The van der Waals surface area contributed by atoms with Crippen LogP contribution < -0.4 is 0 Å². The number of aryl methyl sites for hydroxylation is 1. The number of carboxylic acid groups (broad SMARTS) is 1. The smallest absolute Gasteiger partial charge is 0.303 e. The first-order valence-corrected chi connectivity index (χ1v) is 4.10. The second-order valence-electron chi connectivity index (χ2n) is 2.96. The quantitative estimate of drug-likeness (QED) is 0.744. The fourth-order valence-electron chi connectivity index (χ4n) is 1.18. The van der Waals surface area contributed by atoms with E-state index in [1.165, 1.54) is 0 Å². The summed E-state index contributed by atoms with van der Waals surface area (Å²) >= 11 is 0. The Balaban J connectivity index is 2.77. The highest BCUT2D eigenvalue weighted by Crippen LogP contribution is 2.20. The largest absolute Gasteiger partial charge is 0.508 e. The number of phenols is 1. The minimum absolute atomic E-state index is 0.101. The fourth-order valence-corrected chi connectivity index (χ4v) is 1.18. The summed E-state index contributed by atoms with van der Waals surface area (Å²) in [7, 11) is 0. The molecule has 1 aromatic carbocycles. The Labute approximate surface area is 76.6 Å². The number of hydrogen-bond acceptors (Lipinski definition) is 2. The second kappa shape index (κ2) is 3.94. The number of aromatic hydroxyl groups is 1. The molecule has 0 aliphatic carbocycles. The van der Waals surface area contributed by atoms with E-state index in [-0.39, 0.29) is 12.2 Å². The fraction of sp³-hybridized carbons (Fsp3) is 0.300. The van der Waals surface area contributed by atoms with E-state index in [9.17, 15) is 9.90 Å². The second-order valence-corrected chi connectivity index (χ2v) is 2.96. The normalized spacial score (nSPS) is 9.92. The summed E-state index contributed by atoms with van der Waals surface area (Å²) in [5.74, 6) is -0.592. The topological polar surface area (TPSA) is 57.5 Å². The highest BCUT2D eigenvalue weighted by molar-refractivity contribution is 5.67. The molecular formula is C10H12O3. The molecule has 0 saturated heterocycles. The number of aliphatic carboxylic acids is 1. The lowest BCUT2D eigenvalue weighted by Crippen LogP contribution is -1.98. The molecule has 1 aromatic rings. The van der Waals surface area contributed by atoms with Gasteiger partial charge in [-0.1, -0.05) is 12.1 Å². The van der Waals surface area contributed by atoms with Crippen LogP contribution in [0.1, 0.15) is 17.5 Å². The number of hydrogen-bond donors (Lipinski definition) is 2. The minimum atomic E-state index is -0.817. The van der Waals surface area contributed by atoms with Gasteiger partial charge in [0.05, 0.1) is 0 Å². The molecule has 0 unspecified atom stereocenters. The first-order valence-electron chi connectivity index (χ1n) is 4.10. The van der Waals surface area contributed by atoms with E-state index in [0.29, 0.717) is 6.42 Å². The van der Waals surface area contributed by atoms with E-state index in [1.54, 1.807) is 19.1 Å². The monoisotopic (exact) mass is 180 g/mol. The van der Waals surface area contributed by atoms with Crippen molar-refractivity contribution < 1.29 is 15.0 Å². The van der Waals surface area contributed by atoms with Crippen molar-refractivity contribution in [3.05, 3.63) is 29.3 Å². The van der Waals surface area contributed by atoms with Gasteiger partial charge in [0.25, 0.3) is 0 Å². The van der Waals surface area contributed by atoms with Crippen molar-refractivity contribution in [1.29, 1.82) is 0 Å². The summed E-state index contributed by atoms with van der Waals surface area (Å²) in [6, 6.07) is 5.15. The maximum atomic E-state index is 10.3. The maximum Gasteiger partial charge on any atom is 0.303 e. The van der Waals surface area contributed by atoms with E-state index in [0.717, 1.165) is 11.1 Å². The standard InChI is InChI=1S/C10H12O3/c1-7-8(5-6-10(12)13)3-2-4-9(7)11/h2-4,11H,5-6H2,1H3,(H,12,13). The Hall–Kier alpha value is -1.51. The van der Waals surface area contributed by atoms with Gasteiger partial charge in [0.15, 0.2) is 0 Å². The van der Waals surface area contributed by atoms with Gasteiger partial charge in [-0.15, -0.1) is 0 Å². The van der Waals surface area contributed by atoms with E-state index in [1.807, 2.05) is 6.07 Å². The summed E-state index contributed by atoms with van der Waals surface area (Å²) < 4.78 is 0. The van der Waals surface area contributed by atoms with Crippen LogP contribution in [0.2, 0.25) is 0 Å². The molecule has 0 heterocycles. The van der Waals surface area contributed by atoms with Crippen LogP contribution in [-0.4, -0.2) is 16.2 Å². The van der Waals surface area contributed by atoms with Crippen molar-refractivity contribution in [2.75, 3.05) is 0 Å². The minimum Gasteiger partial charge on any atom is -0.508 e. The molecule has 0 spiro atoms. The molecule has 0 aromatic heterocycles. The first-order chi connectivity index (χ1) is 6.11. The predicted molar refractivity (Wildman–Crippen MR) is 48.8 cm³/mol. The van der Waals surface area contributed by atoms with E-state index >= 15 is 0 Å². The summed E-state index contributed by atoms with van der Waals surface area (Å²) in [4.78, 5) is 10.3. The van der Waals surface area contributed by atoms with Gasteiger partial charge in [0.2, 0.25) is 0 Å². The van der Waals surface area contributed by atoms with Gasteiger partial charge in [-0.2, -0.15) is 0 Å². The van der Waals surface area contributed by atoms with E-state index < -0.39 is 5.97 Å². The third-order valence-electron chi connectivity index (χ3n) is 2.03. The Morgan fingerprint density at radius 1 is 1.46 bits per heavy atom. The summed E-state index contributed by atoms with van der Waals surface area (Å²) in [5.41, 5.74) is 1.66. The lowest BCUT2D eigenvalue weighted by atomic mass is 10.0. The lowest BCUT2D eigenvalue weighted by Gasteiger charge is -2.05. The SMILES string of the molecule is Cc1c(O)cccc1CCC(=O)O. The molecule has 0 aliphatic rings. The van der Waals surface area contributed by atoms with Crippen molar-refractivity contribution >= 4 is 5.97 Å². The van der Waals surface area contributed by atoms with Crippen LogP contribution in [0.15, 0.2) is 18.2 Å². The molecule has 2 N–H and O–H groups in total. The highest BCUT2D eigenvalue weighted by Gasteiger charge is 2.04. The molecule has 1 rings (SSSR count). The van der Waals surface area contributed by atoms with Gasteiger partial charge in [0.1, 0.15) is 5.75 Å². The van der Waals surface area contributed by atoms with Gasteiger partial charge >= 0.3 is 5.97 Å². The third kappa shape index (κ3) is 2.47. The Kier molecular flexibility index (Phi) is 2.90. The highest BCUT2D eigenvalue weighted by atomic mass is 16.4. The molecular weight excluding hydrogens is 168 g/mol. The molecule has 3 nitrogen and oxygen atoms in total. The molecule has 0 amide bonds. The van der Waals surface area contributed by atoms with Crippen LogP contribution in [0.5, 0.6) is 5.75 Å². The van der Waals surface area contributed by atoms with Crippen LogP contribution in [0, 0.1) is 6.92 Å². The van der Waals surface area contributed by atoms with Crippen molar-refractivity contribution in [3.63, 3.8) is 0 Å². The van der Waals surface area contributed by atoms with Crippen LogP contribution in [-0.2, 0) is 11.2 Å². The van der Waals surface area contributed by atoms with Gasteiger partial charge < -0.3 is 10.2 Å². The van der Waals surface area contributed by atoms with Crippen LogP contribution >= 0.6 is 0 Å². The molecule has 0 saturated carbocycles. The van der Waals surface area contributed by atoms with Crippen molar-refractivity contribution in [1.82, 2.24) is 0 Å². The predicted octanol–water partition coefficient (Wildman–Crippen LogP) is 1.72. The Morgan fingerprint density at radius 3 is 2.77 bits per heavy atom. The van der Waals surface area contributed by atoms with Crippen molar-refractivity contribution in [2.45, 2.75) is 19.8 Å². The molecule has 70 valence electrons. The summed E-state index contributed by atoms with van der Waals surface area (Å²) in [5, 5.41) is 17.8. The number of carboxylic acids is 1. The molecule has 0 fully saturated rings. The number of phenolic OH excluding ortho intramolecular Hbond substituents is 1. The molecule has 0 atom stereocenters. The zero-order chi connectivity index (χ0) is 9.84. The number of benzene rings is 1. The summed E-state index contributed by atoms with van der Waals surface area (Å²) in [6.07, 6.45) is 0.569. The average molecular weight is 180 g/mol. The van der Waals surface area contributed by atoms with Crippen molar-refractivity contribution in [2.24, 2.45) is 0 Å². The van der Waals surface area contributed by atoms with E-state index in [2.05, 4.69) is 0 Å². The molecule has 0 radical (unpaired) electrons. The summed E-state index contributed by atoms with van der Waals surface area (Å²) in [6.45, 7) is 1.78.